The van der Waals surface area contributed by atoms with Gasteiger partial charge in [-0.1, -0.05) is 25.1 Å². The minimum Gasteiger partial charge on any atom is -0.494 e. The average Bonchev–Trinajstić information content (AvgIpc) is 3.14. The second-order valence-corrected chi connectivity index (χ2v) is 8.31. The van der Waals surface area contributed by atoms with E-state index in [4.69, 9.17) is 13.9 Å². The lowest BCUT2D eigenvalue weighted by molar-refractivity contribution is 0.0728. The van der Waals surface area contributed by atoms with Gasteiger partial charge in [0, 0.05) is 17.1 Å². The zero-order valence-electron chi connectivity index (χ0n) is 16.2. The lowest BCUT2D eigenvalue weighted by Crippen LogP contribution is -2.14. The maximum absolute atomic E-state index is 12.3. The van der Waals surface area contributed by atoms with Crippen LogP contribution < -0.4 is 14.9 Å². The van der Waals surface area contributed by atoms with Crippen molar-refractivity contribution in [1.29, 1.82) is 0 Å². The third-order valence-electron chi connectivity index (χ3n) is 3.85. The molecule has 2 heterocycles. The molecule has 0 aliphatic rings. The number of hydrogen-bond acceptors (Lipinski definition) is 8. The molecular formula is C21H21NO5S2. The molecule has 29 heavy (non-hydrogen) atoms. The second-order valence-electron chi connectivity index (χ2n) is 6.23. The van der Waals surface area contributed by atoms with Gasteiger partial charge in [-0.25, -0.2) is 9.78 Å². The summed E-state index contributed by atoms with van der Waals surface area (Å²) in [5.74, 6) is 0.874. The predicted molar refractivity (Wildman–Crippen MR) is 113 cm³/mol. The van der Waals surface area contributed by atoms with E-state index >= 15 is 0 Å². The monoisotopic (exact) mass is 431 g/mol. The van der Waals surface area contributed by atoms with E-state index in [1.165, 1.54) is 24.1 Å². The summed E-state index contributed by atoms with van der Waals surface area (Å²) in [5, 5.41) is 1.96. The average molecular weight is 432 g/mol. The number of esters is 1. The van der Waals surface area contributed by atoms with E-state index in [0.29, 0.717) is 29.4 Å². The van der Waals surface area contributed by atoms with Gasteiger partial charge in [0.1, 0.15) is 17.8 Å². The Hall–Kier alpha value is -2.58. The molecule has 0 aliphatic heterocycles. The van der Waals surface area contributed by atoms with Gasteiger partial charge >= 0.3 is 5.97 Å². The van der Waals surface area contributed by atoms with Crippen molar-refractivity contribution in [3.05, 3.63) is 69.2 Å². The number of aryl methyl sites for hydroxylation is 1. The Morgan fingerprint density at radius 3 is 2.72 bits per heavy atom. The number of benzene rings is 1. The molecule has 152 valence electrons. The summed E-state index contributed by atoms with van der Waals surface area (Å²) in [7, 11) is 0. The minimum atomic E-state index is -0.627. The fraction of sp³-hybridized carbons (Fsp3) is 0.286. The molecule has 1 aromatic carbocycles. The normalized spacial score (nSPS) is 10.7. The SMILES string of the molecule is CCCCOc1ccc(C(=O)Oc2coc(CSc3nc(C)cs3)cc2=O)cc1. The molecule has 3 aromatic rings. The van der Waals surface area contributed by atoms with Gasteiger partial charge in [-0.2, -0.15) is 0 Å². The fourth-order valence-corrected chi connectivity index (χ4v) is 4.04. The molecule has 0 fully saturated rings. The fourth-order valence-electron chi connectivity index (χ4n) is 2.30. The molecule has 2 aromatic heterocycles. The van der Waals surface area contributed by atoms with Gasteiger partial charge in [0.05, 0.1) is 17.9 Å². The number of aromatic nitrogens is 1. The summed E-state index contributed by atoms with van der Waals surface area (Å²) in [4.78, 5) is 28.9. The Bertz CT molecular complexity index is 1010. The molecule has 0 atom stereocenters. The van der Waals surface area contributed by atoms with Gasteiger partial charge in [-0.3, -0.25) is 4.79 Å². The summed E-state index contributed by atoms with van der Waals surface area (Å²) < 4.78 is 17.1. The number of unbranched alkanes of at least 4 members (excludes halogenated alkanes) is 1. The molecule has 0 bridgehead atoms. The van der Waals surface area contributed by atoms with Crippen LogP contribution in [0.1, 0.15) is 41.6 Å². The predicted octanol–water partition coefficient (Wildman–Crippen LogP) is 5.10. The van der Waals surface area contributed by atoms with Crippen LogP contribution in [0.15, 0.2) is 55.5 Å². The zero-order valence-corrected chi connectivity index (χ0v) is 17.8. The first-order chi connectivity index (χ1) is 14.0. The number of carbonyl (C=O) groups is 1. The van der Waals surface area contributed by atoms with Crippen LogP contribution in [-0.4, -0.2) is 17.6 Å². The van der Waals surface area contributed by atoms with Crippen LogP contribution in [-0.2, 0) is 5.75 Å². The third kappa shape index (κ3) is 6.20. The molecule has 0 saturated carbocycles. The van der Waals surface area contributed by atoms with Crippen molar-refractivity contribution < 1.29 is 18.7 Å². The van der Waals surface area contributed by atoms with Crippen molar-refractivity contribution in [2.24, 2.45) is 0 Å². The number of thiazole rings is 1. The Morgan fingerprint density at radius 2 is 2.07 bits per heavy atom. The molecule has 0 spiro atoms. The highest BCUT2D eigenvalue weighted by atomic mass is 32.2. The minimum absolute atomic E-state index is 0.142. The number of ether oxygens (including phenoxy) is 2. The summed E-state index contributed by atoms with van der Waals surface area (Å²) in [6, 6.07) is 7.95. The molecule has 0 unspecified atom stereocenters. The van der Waals surface area contributed by atoms with Gasteiger partial charge in [-0.15, -0.1) is 11.3 Å². The quantitative estimate of drug-likeness (QED) is 0.265. The Morgan fingerprint density at radius 1 is 1.28 bits per heavy atom. The van der Waals surface area contributed by atoms with Crippen LogP contribution in [0, 0.1) is 6.92 Å². The standard InChI is InChI=1S/C21H21NO5S2/c1-3-4-9-25-16-7-5-15(6-8-16)20(24)27-19-11-26-17(10-18(19)23)13-29-21-22-14(2)12-28-21/h5-8,10-12H,3-4,9,13H2,1-2H3. The van der Waals surface area contributed by atoms with Crippen molar-refractivity contribution in [2.45, 2.75) is 36.8 Å². The zero-order chi connectivity index (χ0) is 20.6. The number of nitrogens with zero attached hydrogens (tertiary/aromatic N) is 1. The molecular weight excluding hydrogens is 410 g/mol. The van der Waals surface area contributed by atoms with E-state index in [-0.39, 0.29) is 5.75 Å². The molecule has 6 nitrogen and oxygen atoms in total. The van der Waals surface area contributed by atoms with Gasteiger partial charge in [0.15, 0.2) is 4.34 Å². The second kappa shape index (κ2) is 10.3. The van der Waals surface area contributed by atoms with Crippen LogP contribution in [0.5, 0.6) is 11.5 Å². The summed E-state index contributed by atoms with van der Waals surface area (Å²) >= 11 is 3.03. The van der Waals surface area contributed by atoms with Crippen molar-refractivity contribution in [3.63, 3.8) is 0 Å². The maximum atomic E-state index is 12.3. The van der Waals surface area contributed by atoms with Crippen LogP contribution in [0.25, 0.3) is 0 Å². The lowest BCUT2D eigenvalue weighted by atomic mass is 10.2. The number of hydrogen-bond donors (Lipinski definition) is 0. The maximum Gasteiger partial charge on any atom is 0.343 e. The van der Waals surface area contributed by atoms with Gasteiger partial charge in [-0.05, 0) is 37.6 Å². The number of carbonyl (C=O) groups excluding carboxylic acids is 1. The van der Waals surface area contributed by atoms with Crippen molar-refractivity contribution >= 4 is 29.1 Å². The molecule has 0 saturated heterocycles. The first kappa shape index (κ1) is 21.1. The Balaban J connectivity index is 1.57. The smallest absolute Gasteiger partial charge is 0.343 e. The van der Waals surface area contributed by atoms with Gasteiger partial charge in [0.2, 0.25) is 11.2 Å². The van der Waals surface area contributed by atoms with Gasteiger partial charge < -0.3 is 13.9 Å². The van der Waals surface area contributed by atoms with E-state index in [1.807, 2.05) is 12.3 Å². The molecule has 0 amide bonds. The molecule has 8 heteroatoms. The van der Waals surface area contributed by atoms with Crippen molar-refractivity contribution in [1.82, 2.24) is 4.98 Å². The summed E-state index contributed by atoms with van der Waals surface area (Å²) in [6.07, 6.45) is 3.19. The molecule has 0 N–H and O–H groups in total. The number of thioether (sulfide) groups is 1. The highest BCUT2D eigenvalue weighted by Crippen LogP contribution is 2.26. The third-order valence-corrected chi connectivity index (χ3v) is 6.01. The van der Waals surface area contributed by atoms with Gasteiger partial charge in [0.25, 0.3) is 0 Å². The van der Waals surface area contributed by atoms with Crippen LogP contribution in [0.3, 0.4) is 0 Å². The Kier molecular flexibility index (Phi) is 7.48. The first-order valence-corrected chi connectivity index (χ1v) is 11.0. The first-order valence-electron chi connectivity index (χ1n) is 9.17. The van der Waals surface area contributed by atoms with Crippen LogP contribution in [0.4, 0.5) is 0 Å². The van der Waals surface area contributed by atoms with E-state index in [2.05, 4.69) is 11.9 Å². The van der Waals surface area contributed by atoms with E-state index in [1.54, 1.807) is 35.6 Å². The summed E-state index contributed by atoms with van der Waals surface area (Å²) in [5.41, 5.74) is 0.878. The van der Waals surface area contributed by atoms with Crippen molar-refractivity contribution in [2.75, 3.05) is 6.61 Å². The van der Waals surface area contributed by atoms with Crippen molar-refractivity contribution in [3.8, 4) is 11.5 Å². The van der Waals surface area contributed by atoms with E-state index in [9.17, 15) is 9.59 Å². The van der Waals surface area contributed by atoms with E-state index in [0.717, 1.165) is 22.9 Å². The van der Waals surface area contributed by atoms with E-state index < -0.39 is 11.4 Å². The molecule has 3 rings (SSSR count). The highest BCUT2D eigenvalue weighted by Gasteiger charge is 2.13. The topological polar surface area (TPSA) is 78.6 Å². The molecule has 0 aliphatic carbocycles. The van der Waals surface area contributed by atoms with Crippen LogP contribution in [0.2, 0.25) is 0 Å². The highest BCUT2D eigenvalue weighted by molar-refractivity contribution is 8.00. The summed E-state index contributed by atoms with van der Waals surface area (Å²) in [6.45, 7) is 4.65. The Labute approximate surface area is 176 Å². The lowest BCUT2D eigenvalue weighted by Gasteiger charge is -2.07. The molecule has 0 radical (unpaired) electrons. The van der Waals surface area contributed by atoms with Crippen LogP contribution >= 0.6 is 23.1 Å². The largest absolute Gasteiger partial charge is 0.494 e. The number of rotatable bonds is 9.